The van der Waals surface area contributed by atoms with E-state index in [1.165, 1.54) is 13.0 Å². The van der Waals surface area contributed by atoms with Gasteiger partial charge < -0.3 is 9.73 Å². The van der Waals surface area contributed by atoms with Crippen LogP contribution >= 0.6 is 0 Å². The number of aromatic amines is 1. The summed E-state index contributed by atoms with van der Waals surface area (Å²) in [4.78, 5) is 35.5. The Morgan fingerprint density at radius 1 is 1.42 bits per heavy atom. The van der Waals surface area contributed by atoms with Crippen LogP contribution in [0.15, 0.2) is 32.2 Å². The molecule has 96 valence electrons. The average molecular weight is 258 g/mol. The van der Waals surface area contributed by atoms with E-state index in [-0.39, 0.29) is 17.8 Å². The number of aromatic nitrogens is 1. The summed E-state index contributed by atoms with van der Waals surface area (Å²) in [5.74, 6) is 4.59. The number of hydrogen-bond donors (Lipinski definition) is 2. The van der Waals surface area contributed by atoms with Crippen LogP contribution < -0.4 is 16.7 Å². The molecule has 1 aromatic heterocycles. The van der Waals surface area contributed by atoms with Gasteiger partial charge in [-0.2, -0.15) is 0 Å². The third kappa shape index (κ3) is 3.10. The molecule has 2 N–H and O–H groups in total. The predicted molar refractivity (Wildman–Crippen MR) is 68.7 cm³/mol. The number of hydrogen-bond acceptors (Lipinski definition) is 4. The first-order valence-electron chi connectivity index (χ1n) is 5.47. The molecule has 1 heterocycles. The van der Waals surface area contributed by atoms with Gasteiger partial charge in [0.15, 0.2) is 0 Å². The van der Waals surface area contributed by atoms with Gasteiger partial charge in [0.2, 0.25) is 5.91 Å². The zero-order chi connectivity index (χ0) is 13.8. The standard InChI is InChI=1S/C13H10N2O4/c1-8(16)14-6-2-3-9-4-5-11-10(7-9)12(17)19-13(18)15-11/h4-5,7H,6H2,1H3,(H,14,16)(H,15,18). The van der Waals surface area contributed by atoms with E-state index in [2.05, 4.69) is 26.6 Å². The van der Waals surface area contributed by atoms with E-state index in [1.807, 2.05) is 0 Å². The van der Waals surface area contributed by atoms with Crippen molar-refractivity contribution in [2.24, 2.45) is 0 Å². The van der Waals surface area contributed by atoms with Crippen molar-refractivity contribution in [2.75, 3.05) is 6.54 Å². The highest BCUT2D eigenvalue weighted by molar-refractivity contribution is 5.78. The minimum atomic E-state index is -0.790. The van der Waals surface area contributed by atoms with Gasteiger partial charge in [-0.05, 0) is 18.2 Å². The molecule has 2 rings (SSSR count). The number of rotatable bonds is 1. The van der Waals surface area contributed by atoms with Crippen LogP contribution in [0.1, 0.15) is 12.5 Å². The Bertz CT molecular complexity index is 805. The average Bonchev–Trinajstić information content (AvgIpc) is 2.35. The lowest BCUT2D eigenvalue weighted by Crippen LogP contribution is -2.19. The van der Waals surface area contributed by atoms with Crippen LogP contribution in [0.4, 0.5) is 0 Å². The molecule has 0 radical (unpaired) electrons. The Kier molecular flexibility index (Phi) is 3.48. The third-order valence-electron chi connectivity index (χ3n) is 2.32. The molecule has 0 atom stereocenters. The first kappa shape index (κ1) is 12.6. The van der Waals surface area contributed by atoms with Crippen molar-refractivity contribution in [1.29, 1.82) is 0 Å². The van der Waals surface area contributed by atoms with Crippen molar-refractivity contribution in [1.82, 2.24) is 10.3 Å². The van der Waals surface area contributed by atoms with E-state index in [1.54, 1.807) is 12.1 Å². The molecule has 0 fully saturated rings. The van der Waals surface area contributed by atoms with Gasteiger partial charge in [-0.3, -0.25) is 9.78 Å². The Labute approximate surface area is 107 Å². The van der Waals surface area contributed by atoms with Crippen LogP contribution in [0.5, 0.6) is 0 Å². The fraction of sp³-hybridized carbons (Fsp3) is 0.154. The van der Waals surface area contributed by atoms with Crippen LogP contribution in [0.25, 0.3) is 10.9 Å². The number of fused-ring (bicyclic) bond motifs is 1. The molecule has 1 amide bonds. The number of H-pyrrole nitrogens is 1. The van der Waals surface area contributed by atoms with Crippen LogP contribution in [-0.2, 0) is 4.79 Å². The van der Waals surface area contributed by atoms with Gasteiger partial charge in [0.1, 0.15) is 0 Å². The van der Waals surface area contributed by atoms with Gasteiger partial charge in [0.25, 0.3) is 0 Å². The number of amides is 1. The second kappa shape index (κ2) is 5.23. The van der Waals surface area contributed by atoms with Gasteiger partial charge in [-0.25, -0.2) is 9.59 Å². The van der Waals surface area contributed by atoms with Gasteiger partial charge in [0.05, 0.1) is 17.4 Å². The molecule has 6 nitrogen and oxygen atoms in total. The van der Waals surface area contributed by atoms with Crippen molar-refractivity contribution in [3.05, 3.63) is 44.7 Å². The van der Waals surface area contributed by atoms with Gasteiger partial charge in [-0.15, -0.1) is 0 Å². The Morgan fingerprint density at radius 3 is 2.95 bits per heavy atom. The van der Waals surface area contributed by atoms with Crippen LogP contribution in [0.3, 0.4) is 0 Å². The van der Waals surface area contributed by atoms with Crippen LogP contribution in [0.2, 0.25) is 0 Å². The molecule has 0 aliphatic rings. The SMILES string of the molecule is CC(=O)NCC#Cc1ccc2[nH]c(=O)oc(=O)c2c1. The second-order valence-corrected chi connectivity index (χ2v) is 3.77. The highest BCUT2D eigenvalue weighted by Crippen LogP contribution is 2.07. The molecule has 0 unspecified atom stereocenters. The van der Waals surface area contributed by atoms with E-state index < -0.39 is 11.4 Å². The molecule has 0 saturated carbocycles. The van der Waals surface area contributed by atoms with Crippen molar-refractivity contribution < 1.29 is 9.21 Å². The summed E-state index contributed by atoms with van der Waals surface area (Å²) in [6, 6.07) is 4.77. The summed E-state index contributed by atoms with van der Waals surface area (Å²) in [6.07, 6.45) is 0. The largest absolute Gasteiger partial charge is 0.419 e. The summed E-state index contributed by atoms with van der Waals surface area (Å²) < 4.78 is 4.43. The lowest BCUT2D eigenvalue weighted by Gasteiger charge is -1.96. The summed E-state index contributed by atoms with van der Waals surface area (Å²) in [6.45, 7) is 1.63. The quantitative estimate of drug-likeness (QED) is 0.702. The normalized spacial score (nSPS) is 9.74. The van der Waals surface area contributed by atoms with E-state index >= 15 is 0 Å². The van der Waals surface area contributed by atoms with E-state index in [4.69, 9.17) is 0 Å². The lowest BCUT2D eigenvalue weighted by molar-refractivity contribution is -0.118. The molecule has 19 heavy (non-hydrogen) atoms. The molecule has 0 aliphatic heterocycles. The van der Waals surface area contributed by atoms with E-state index in [0.29, 0.717) is 11.1 Å². The molecule has 0 aliphatic carbocycles. The van der Waals surface area contributed by atoms with Crippen molar-refractivity contribution in [3.63, 3.8) is 0 Å². The van der Waals surface area contributed by atoms with Crippen LogP contribution in [0, 0.1) is 11.8 Å². The fourth-order valence-electron chi connectivity index (χ4n) is 1.49. The summed E-state index contributed by atoms with van der Waals surface area (Å²) in [7, 11) is 0. The molecule has 2 aromatic rings. The van der Waals surface area contributed by atoms with Gasteiger partial charge in [-0.1, -0.05) is 11.8 Å². The maximum Gasteiger partial charge on any atom is 0.419 e. The fourth-order valence-corrected chi connectivity index (χ4v) is 1.49. The van der Waals surface area contributed by atoms with E-state index in [9.17, 15) is 14.4 Å². The molecule has 0 bridgehead atoms. The van der Waals surface area contributed by atoms with Crippen LogP contribution in [-0.4, -0.2) is 17.4 Å². The van der Waals surface area contributed by atoms with Gasteiger partial charge >= 0.3 is 11.4 Å². The Hall–Kier alpha value is -2.81. The highest BCUT2D eigenvalue weighted by atomic mass is 16.4. The lowest BCUT2D eigenvalue weighted by atomic mass is 10.1. The minimum Gasteiger partial charge on any atom is -0.372 e. The number of carbonyl (C=O) groups is 1. The predicted octanol–water partition coefficient (Wildman–Crippen LogP) is -0.0311. The first-order valence-corrected chi connectivity index (χ1v) is 5.47. The van der Waals surface area contributed by atoms with Gasteiger partial charge in [0, 0.05) is 12.5 Å². The zero-order valence-corrected chi connectivity index (χ0v) is 10.1. The second-order valence-electron chi connectivity index (χ2n) is 3.77. The molecular weight excluding hydrogens is 248 g/mol. The molecular formula is C13H10N2O4. The maximum absolute atomic E-state index is 11.5. The molecule has 0 saturated heterocycles. The third-order valence-corrected chi connectivity index (χ3v) is 2.32. The smallest absolute Gasteiger partial charge is 0.372 e. The summed E-state index contributed by atoms with van der Waals surface area (Å²) in [5, 5.41) is 2.79. The zero-order valence-electron chi connectivity index (χ0n) is 10.1. The minimum absolute atomic E-state index is 0.161. The summed E-state index contributed by atoms with van der Waals surface area (Å²) >= 11 is 0. The van der Waals surface area contributed by atoms with Crippen molar-refractivity contribution in [2.45, 2.75) is 6.92 Å². The number of carbonyl (C=O) groups excluding carboxylic acids is 1. The highest BCUT2D eigenvalue weighted by Gasteiger charge is 2.02. The first-order chi connectivity index (χ1) is 9.06. The number of benzene rings is 1. The van der Waals surface area contributed by atoms with Crippen molar-refractivity contribution >= 4 is 16.8 Å². The molecule has 1 aromatic carbocycles. The molecule has 0 spiro atoms. The van der Waals surface area contributed by atoms with E-state index in [0.717, 1.165) is 0 Å². The Morgan fingerprint density at radius 2 is 2.21 bits per heavy atom. The molecule has 6 heteroatoms. The van der Waals surface area contributed by atoms with Crippen molar-refractivity contribution in [3.8, 4) is 11.8 Å². The number of nitrogens with one attached hydrogen (secondary N) is 2. The maximum atomic E-state index is 11.5. The monoisotopic (exact) mass is 258 g/mol. The summed E-state index contributed by atoms with van der Waals surface area (Å²) in [5.41, 5.74) is 0.287. The topological polar surface area (TPSA) is 92.2 Å². The Balaban J connectivity index is 2.34.